The van der Waals surface area contributed by atoms with Crippen LogP contribution in [-0.2, 0) is 14.3 Å². The lowest BCUT2D eigenvalue weighted by Gasteiger charge is -2.17. The third kappa shape index (κ3) is 7.19. The molecule has 0 aliphatic carbocycles. The van der Waals surface area contributed by atoms with Crippen LogP contribution in [0.3, 0.4) is 0 Å². The zero-order valence-electron chi connectivity index (χ0n) is 15.6. The highest BCUT2D eigenvalue weighted by Gasteiger charge is 2.23. The summed E-state index contributed by atoms with van der Waals surface area (Å²) in [5, 5.41) is 4.91. The number of ether oxygens (including phenoxy) is 1. The van der Waals surface area contributed by atoms with E-state index in [0.29, 0.717) is 17.7 Å². The van der Waals surface area contributed by atoms with Crippen LogP contribution in [0.2, 0.25) is 0 Å². The second-order valence-electron chi connectivity index (χ2n) is 5.96. The summed E-state index contributed by atoms with van der Waals surface area (Å²) in [6.45, 7) is -0.630. The normalized spacial score (nSPS) is 11.4. The first kappa shape index (κ1) is 22.4. The van der Waals surface area contributed by atoms with E-state index in [1.165, 1.54) is 17.8 Å². The molecule has 154 valence electrons. The van der Waals surface area contributed by atoms with E-state index in [0.717, 1.165) is 12.1 Å². The lowest BCUT2D eigenvalue weighted by Crippen LogP contribution is -2.43. The molecule has 0 saturated carbocycles. The maximum absolute atomic E-state index is 13.2. The van der Waals surface area contributed by atoms with E-state index >= 15 is 0 Å². The molecule has 29 heavy (non-hydrogen) atoms. The highest BCUT2D eigenvalue weighted by atomic mass is 32.2. The summed E-state index contributed by atoms with van der Waals surface area (Å²) in [5.74, 6) is -3.47. The number of anilines is 1. The van der Waals surface area contributed by atoms with Crippen molar-refractivity contribution >= 4 is 35.2 Å². The van der Waals surface area contributed by atoms with Crippen molar-refractivity contribution in [2.75, 3.05) is 23.9 Å². The third-order valence-electron chi connectivity index (χ3n) is 3.79. The van der Waals surface area contributed by atoms with E-state index in [1.807, 2.05) is 6.26 Å². The summed E-state index contributed by atoms with van der Waals surface area (Å²) in [7, 11) is 0. The predicted molar refractivity (Wildman–Crippen MR) is 107 cm³/mol. The topological polar surface area (TPSA) is 84.5 Å². The summed E-state index contributed by atoms with van der Waals surface area (Å²) < 4.78 is 31.1. The van der Waals surface area contributed by atoms with Crippen molar-refractivity contribution in [3.63, 3.8) is 0 Å². The molecular formula is C20H20F2N2O4S. The van der Waals surface area contributed by atoms with Gasteiger partial charge in [-0.3, -0.25) is 9.59 Å². The van der Waals surface area contributed by atoms with Crippen LogP contribution in [0.15, 0.2) is 48.5 Å². The van der Waals surface area contributed by atoms with Crippen LogP contribution in [0.25, 0.3) is 0 Å². The average molecular weight is 422 g/mol. The first-order valence-electron chi connectivity index (χ1n) is 8.67. The van der Waals surface area contributed by atoms with Crippen LogP contribution in [0.4, 0.5) is 14.5 Å². The van der Waals surface area contributed by atoms with E-state index in [-0.39, 0.29) is 5.69 Å². The van der Waals surface area contributed by atoms with E-state index < -0.39 is 42.1 Å². The Labute approximate surface area is 171 Å². The van der Waals surface area contributed by atoms with Gasteiger partial charge in [0.2, 0.25) is 0 Å². The minimum atomic E-state index is -1.11. The smallest absolute Gasteiger partial charge is 0.329 e. The fourth-order valence-corrected chi connectivity index (χ4v) is 2.80. The lowest BCUT2D eigenvalue weighted by atomic mass is 10.1. The molecule has 1 atom stereocenters. The molecule has 1 unspecified atom stereocenters. The number of hydrogen-bond acceptors (Lipinski definition) is 5. The van der Waals surface area contributed by atoms with Gasteiger partial charge in [-0.15, -0.1) is 0 Å². The van der Waals surface area contributed by atoms with Gasteiger partial charge in [0.1, 0.15) is 6.04 Å². The molecule has 0 aliphatic rings. The maximum Gasteiger partial charge on any atom is 0.329 e. The number of thioether (sulfide) groups is 1. The first-order valence-corrected chi connectivity index (χ1v) is 10.1. The van der Waals surface area contributed by atoms with E-state index in [4.69, 9.17) is 4.74 Å². The first-order chi connectivity index (χ1) is 13.9. The molecule has 2 rings (SSSR count). The minimum absolute atomic E-state index is 0.0289. The molecule has 0 aliphatic heterocycles. The van der Waals surface area contributed by atoms with Gasteiger partial charge in [0, 0.05) is 17.3 Å². The number of hydrogen-bond donors (Lipinski definition) is 2. The second-order valence-corrected chi connectivity index (χ2v) is 6.94. The number of esters is 1. The van der Waals surface area contributed by atoms with Gasteiger partial charge >= 0.3 is 5.97 Å². The number of benzene rings is 2. The van der Waals surface area contributed by atoms with Crippen molar-refractivity contribution < 1.29 is 27.9 Å². The molecule has 0 radical (unpaired) electrons. The monoisotopic (exact) mass is 422 g/mol. The fourth-order valence-electron chi connectivity index (χ4n) is 2.32. The highest BCUT2D eigenvalue weighted by molar-refractivity contribution is 7.98. The van der Waals surface area contributed by atoms with Crippen molar-refractivity contribution in [3.8, 4) is 0 Å². The molecule has 6 nitrogen and oxygen atoms in total. The zero-order chi connectivity index (χ0) is 21.2. The molecule has 0 aromatic heterocycles. The lowest BCUT2D eigenvalue weighted by molar-refractivity contribution is -0.149. The number of nitrogens with one attached hydrogen (secondary N) is 2. The van der Waals surface area contributed by atoms with Gasteiger partial charge in [-0.2, -0.15) is 11.8 Å². The average Bonchev–Trinajstić information content (AvgIpc) is 2.72. The Hall–Kier alpha value is -2.94. The Bertz CT molecular complexity index is 865. The summed E-state index contributed by atoms with van der Waals surface area (Å²) >= 11 is 1.49. The van der Waals surface area contributed by atoms with Gasteiger partial charge in [0.05, 0.1) is 0 Å². The Morgan fingerprint density at radius 3 is 2.45 bits per heavy atom. The van der Waals surface area contributed by atoms with Crippen molar-refractivity contribution in [3.05, 3.63) is 65.7 Å². The van der Waals surface area contributed by atoms with Gasteiger partial charge in [-0.05, 0) is 42.7 Å². The van der Waals surface area contributed by atoms with Crippen LogP contribution in [0.5, 0.6) is 0 Å². The largest absolute Gasteiger partial charge is 0.454 e. The second kappa shape index (κ2) is 11.2. The summed E-state index contributed by atoms with van der Waals surface area (Å²) in [6.07, 6.45) is 2.18. The summed E-state index contributed by atoms with van der Waals surface area (Å²) in [6, 6.07) is 10.3. The van der Waals surface area contributed by atoms with E-state index in [2.05, 4.69) is 10.6 Å². The Morgan fingerprint density at radius 1 is 1.07 bits per heavy atom. The fraction of sp³-hybridized carbons (Fsp3) is 0.250. The maximum atomic E-state index is 13.2. The molecule has 2 aromatic carbocycles. The number of carbonyl (C=O) groups excluding carboxylic acids is 3. The van der Waals surface area contributed by atoms with Gasteiger partial charge in [0.15, 0.2) is 18.2 Å². The van der Waals surface area contributed by atoms with Crippen molar-refractivity contribution in [2.45, 2.75) is 12.5 Å². The number of halogens is 2. The van der Waals surface area contributed by atoms with E-state index in [1.54, 1.807) is 30.3 Å². The molecule has 9 heteroatoms. The van der Waals surface area contributed by atoms with Crippen LogP contribution in [-0.4, -0.2) is 42.4 Å². The Kier molecular flexibility index (Phi) is 8.60. The highest BCUT2D eigenvalue weighted by Crippen LogP contribution is 2.13. The summed E-state index contributed by atoms with van der Waals surface area (Å²) in [5.41, 5.74) is 0.423. The Balaban J connectivity index is 1.91. The third-order valence-corrected chi connectivity index (χ3v) is 4.43. The molecule has 0 spiro atoms. The molecule has 0 heterocycles. The van der Waals surface area contributed by atoms with Gasteiger partial charge < -0.3 is 15.4 Å². The molecule has 0 fully saturated rings. The molecule has 0 bridgehead atoms. The SMILES string of the molecule is CSCCC(NC(=O)c1ccccc1)C(=O)OCC(=O)Nc1ccc(F)c(F)c1. The van der Waals surface area contributed by atoms with Gasteiger partial charge in [-0.1, -0.05) is 18.2 Å². The molecule has 2 aromatic rings. The van der Waals surface area contributed by atoms with Crippen LogP contribution >= 0.6 is 11.8 Å². The number of amides is 2. The molecule has 2 amide bonds. The number of rotatable bonds is 9. The van der Waals surface area contributed by atoms with Gasteiger partial charge in [-0.25, -0.2) is 13.6 Å². The predicted octanol–water partition coefficient (Wildman–Crippen LogP) is 3.00. The van der Waals surface area contributed by atoms with Gasteiger partial charge in [0.25, 0.3) is 11.8 Å². The molecular weight excluding hydrogens is 402 g/mol. The van der Waals surface area contributed by atoms with Crippen LogP contribution < -0.4 is 10.6 Å². The quantitative estimate of drug-likeness (QED) is 0.607. The van der Waals surface area contributed by atoms with Crippen molar-refractivity contribution in [1.29, 1.82) is 0 Å². The van der Waals surface area contributed by atoms with Crippen molar-refractivity contribution in [2.24, 2.45) is 0 Å². The summed E-state index contributed by atoms with van der Waals surface area (Å²) in [4.78, 5) is 36.5. The van der Waals surface area contributed by atoms with E-state index in [9.17, 15) is 23.2 Å². The minimum Gasteiger partial charge on any atom is -0.454 e. The van der Waals surface area contributed by atoms with Crippen molar-refractivity contribution in [1.82, 2.24) is 5.32 Å². The Morgan fingerprint density at radius 2 is 1.79 bits per heavy atom. The van der Waals surface area contributed by atoms with Crippen LogP contribution in [0.1, 0.15) is 16.8 Å². The molecule has 0 saturated heterocycles. The molecule has 2 N–H and O–H groups in total. The van der Waals surface area contributed by atoms with Crippen LogP contribution in [0, 0.1) is 11.6 Å². The zero-order valence-corrected chi connectivity index (χ0v) is 16.4. The standard InChI is InChI=1S/C20H20F2N2O4S/c1-29-10-9-17(24-19(26)13-5-3-2-4-6-13)20(27)28-12-18(25)23-14-7-8-15(21)16(22)11-14/h2-8,11,17H,9-10,12H2,1H3,(H,23,25)(H,24,26). The number of carbonyl (C=O) groups is 3.